The molecule has 42 heavy (non-hydrogen) atoms. The molecular weight excluding hydrogens is 526 g/mol. The molecule has 3 aromatic carbocycles. The Hall–Kier alpha value is -4.72. The predicted molar refractivity (Wildman–Crippen MR) is 163 cm³/mol. The van der Waals surface area contributed by atoms with Gasteiger partial charge in [-0.05, 0) is 66.3 Å². The van der Waals surface area contributed by atoms with Gasteiger partial charge in [-0.25, -0.2) is 0 Å². The maximum Gasteiger partial charge on any atom is 0.254 e. The summed E-state index contributed by atoms with van der Waals surface area (Å²) in [4.78, 5) is 32.3. The third-order valence-corrected chi connectivity index (χ3v) is 8.02. The van der Waals surface area contributed by atoms with Crippen LogP contribution in [0.2, 0.25) is 0 Å². The third kappa shape index (κ3) is 6.43. The average molecular weight is 562 g/mol. The van der Waals surface area contributed by atoms with Gasteiger partial charge < -0.3 is 19.4 Å². The number of nitrogens with zero attached hydrogens (tertiary/aromatic N) is 5. The number of benzene rings is 3. The lowest BCUT2D eigenvalue weighted by Gasteiger charge is -2.36. The summed E-state index contributed by atoms with van der Waals surface area (Å²) in [6, 6.07) is 29.7. The monoisotopic (exact) mass is 561 g/mol. The highest BCUT2D eigenvalue weighted by Gasteiger charge is 2.30. The van der Waals surface area contributed by atoms with Gasteiger partial charge in [0.25, 0.3) is 5.91 Å². The van der Waals surface area contributed by atoms with Crippen molar-refractivity contribution in [3.8, 4) is 28.1 Å². The SMILES string of the molecule is COc1ccc(C(=O)N(CC(=O)N2CCN(c3ccc(-c4ccc(-c5ccccc5)cc4)nn3)CC2)CC2CC2)cc1. The van der Waals surface area contributed by atoms with Gasteiger partial charge in [-0.15, -0.1) is 10.2 Å². The van der Waals surface area contributed by atoms with Crippen LogP contribution >= 0.6 is 0 Å². The molecule has 1 aliphatic carbocycles. The van der Waals surface area contributed by atoms with E-state index in [9.17, 15) is 9.59 Å². The number of amides is 2. The number of carbonyl (C=O) groups is 2. The van der Waals surface area contributed by atoms with Crippen LogP contribution in [0.5, 0.6) is 5.75 Å². The number of carbonyl (C=O) groups excluding carboxylic acids is 2. The molecule has 2 aliphatic rings. The number of piperazine rings is 1. The van der Waals surface area contributed by atoms with Gasteiger partial charge >= 0.3 is 0 Å². The summed E-state index contributed by atoms with van der Waals surface area (Å²) >= 11 is 0. The molecule has 0 unspecified atom stereocenters. The molecule has 0 radical (unpaired) electrons. The molecule has 0 spiro atoms. The number of hydrogen-bond donors (Lipinski definition) is 0. The van der Waals surface area contributed by atoms with Crippen LogP contribution < -0.4 is 9.64 Å². The minimum atomic E-state index is -0.110. The first kappa shape index (κ1) is 27.4. The van der Waals surface area contributed by atoms with Crippen molar-refractivity contribution >= 4 is 17.6 Å². The zero-order valence-electron chi connectivity index (χ0n) is 23.9. The smallest absolute Gasteiger partial charge is 0.254 e. The second-order valence-electron chi connectivity index (χ2n) is 10.9. The lowest BCUT2D eigenvalue weighted by Crippen LogP contribution is -2.52. The Kier molecular flexibility index (Phi) is 8.12. The van der Waals surface area contributed by atoms with E-state index in [4.69, 9.17) is 4.74 Å². The van der Waals surface area contributed by atoms with E-state index in [1.165, 1.54) is 5.56 Å². The fourth-order valence-electron chi connectivity index (χ4n) is 5.31. The maximum atomic E-state index is 13.3. The van der Waals surface area contributed by atoms with Gasteiger partial charge in [-0.2, -0.15) is 0 Å². The minimum absolute atomic E-state index is 0.0162. The molecule has 2 amide bonds. The molecule has 4 aromatic rings. The molecule has 1 aliphatic heterocycles. The first-order chi connectivity index (χ1) is 20.6. The Labute approximate surface area is 246 Å². The third-order valence-electron chi connectivity index (χ3n) is 8.02. The number of rotatable bonds is 9. The van der Waals surface area contributed by atoms with Crippen molar-refractivity contribution in [3.63, 3.8) is 0 Å². The first-order valence-electron chi connectivity index (χ1n) is 14.5. The van der Waals surface area contributed by atoms with E-state index in [0.29, 0.717) is 50.0 Å². The maximum absolute atomic E-state index is 13.3. The number of methoxy groups -OCH3 is 1. The van der Waals surface area contributed by atoms with E-state index in [1.54, 1.807) is 36.3 Å². The normalized spacial score (nSPS) is 14.9. The van der Waals surface area contributed by atoms with Crippen LogP contribution in [-0.2, 0) is 4.79 Å². The highest BCUT2D eigenvalue weighted by molar-refractivity contribution is 5.96. The van der Waals surface area contributed by atoms with Gasteiger partial charge in [0.05, 0.1) is 12.8 Å². The summed E-state index contributed by atoms with van der Waals surface area (Å²) in [6.07, 6.45) is 2.22. The molecule has 8 nitrogen and oxygen atoms in total. The molecule has 2 fully saturated rings. The topological polar surface area (TPSA) is 78.9 Å². The Morgan fingerprint density at radius 3 is 2.07 bits per heavy atom. The van der Waals surface area contributed by atoms with Crippen LogP contribution in [0.15, 0.2) is 91.0 Å². The fourth-order valence-corrected chi connectivity index (χ4v) is 5.31. The standard InChI is InChI=1S/C34H35N5O3/c1-42-30-15-13-29(14-16-30)34(41)39(23-25-7-8-25)24-33(40)38-21-19-37(20-22-38)32-18-17-31(35-36-32)28-11-9-27(10-12-28)26-5-3-2-4-6-26/h2-6,9-18,25H,7-8,19-24H2,1H3. The molecule has 0 atom stereocenters. The van der Waals surface area contributed by atoms with E-state index < -0.39 is 0 Å². The van der Waals surface area contributed by atoms with E-state index in [0.717, 1.165) is 35.5 Å². The first-order valence-corrected chi connectivity index (χ1v) is 14.5. The van der Waals surface area contributed by atoms with Crippen LogP contribution in [0.25, 0.3) is 22.4 Å². The van der Waals surface area contributed by atoms with Gasteiger partial charge in [0.1, 0.15) is 12.3 Å². The zero-order valence-corrected chi connectivity index (χ0v) is 23.9. The van der Waals surface area contributed by atoms with Gasteiger partial charge in [0.2, 0.25) is 5.91 Å². The fraction of sp³-hybridized carbons (Fsp3) is 0.294. The van der Waals surface area contributed by atoms with Crippen molar-refractivity contribution in [1.82, 2.24) is 20.0 Å². The van der Waals surface area contributed by atoms with Crippen molar-refractivity contribution in [2.45, 2.75) is 12.8 Å². The Morgan fingerprint density at radius 1 is 0.786 bits per heavy atom. The van der Waals surface area contributed by atoms with Gasteiger partial charge in [0, 0.05) is 43.9 Å². The molecule has 2 heterocycles. The molecule has 1 aromatic heterocycles. The van der Waals surface area contributed by atoms with Crippen molar-refractivity contribution in [2.24, 2.45) is 5.92 Å². The second kappa shape index (κ2) is 12.4. The zero-order chi connectivity index (χ0) is 28.9. The average Bonchev–Trinajstić information content (AvgIpc) is 3.89. The molecule has 0 bridgehead atoms. The van der Waals surface area contributed by atoms with Crippen molar-refractivity contribution in [2.75, 3.05) is 51.3 Å². The molecule has 214 valence electrons. The number of anilines is 1. The summed E-state index contributed by atoms with van der Waals surface area (Å²) in [5, 5.41) is 8.99. The van der Waals surface area contributed by atoms with E-state index in [-0.39, 0.29) is 18.4 Å². The largest absolute Gasteiger partial charge is 0.497 e. The molecule has 1 saturated heterocycles. The van der Waals surface area contributed by atoms with Crippen LogP contribution in [0.4, 0.5) is 5.82 Å². The van der Waals surface area contributed by atoms with E-state index >= 15 is 0 Å². The summed E-state index contributed by atoms with van der Waals surface area (Å²) in [5.41, 5.74) is 4.76. The lowest BCUT2D eigenvalue weighted by molar-refractivity contribution is -0.132. The van der Waals surface area contributed by atoms with Gasteiger partial charge in [-0.3, -0.25) is 9.59 Å². The van der Waals surface area contributed by atoms with E-state index in [1.807, 2.05) is 35.2 Å². The number of ether oxygens (including phenoxy) is 1. The van der Waals surface area contributed by atoms with E-state index in [2.05, 4.69) is 51.5 Å². The molecular formula is C34H35N5O3. The Balaban J connectivity index is 1.04. The molecule has 1 saturated carbocycles. The number of hydrogen-bond acceptors (Lipinski definition) is 6. The highest BCUT2D eigenvalue weighted by atomic mass is 16.5. The van der Waals surface area contributed by atoms with Crippen molar-refractivity contribution in [3.05, 3.63) is 96.6 Å². The molecule has 8 heteroatoms. The summed E-state index contributed by atoms with van der Waals surface area (Å²) in [5.74, 6) is 1.86. The Bertz CT molecular complexity index is 1500. The van der Waals surface area contributed by atoms with Gasteiger partial charge in [0.15, 0.2) is 5.82 Å². The van der Waals surface area contributed by atoms with Gasteiger partial charge in [-0.1, -0.05) is 54.6 Å². The molecule has 0 N–H and O–H groups in total. The second-order valence-corrected chi connectivity index (χ2v) is 10.9. The van der Waals surface area contributed by atoms with Crippen LogP contribution in [0, 0.1) is 5.92 Å². The summed E-state index contributed by atoms with van der Waals surface area (Å²) in [6.45, 7) is 3.21. The predicted octanol–water partition coefficient (Wildman–Crippen LogP) is 5.02. The minimum Gasteiger partial charge on any atom is -0.497 e. The quantitative estimate of drug-likeness (QED) is 0.286. The number of aromatic nitrogens is 2. The van der Waals surface area contributed by atoms with Crippen LogP contribution in [0.3, 0.4) is 0 Å². The Morgan fingerprint density at radius 2 is 1.45 bits per heavy atom. The van der Waals surface area contributed by atoms with Crippen molar-refractivity contribution in [1.29, 1.82) is 0 Å². The lowest BCUT2D eigenvalue weighted by atomic mass is 10.0. The van der Waals surface area contributed by atoms with Crippen molar-refractivity contribution < 1.29 is 14.3 Å². The molecule has 6 rings (SSSR count). The van der Waals surface area contributed by atoms with Crippen LogP contribution in [-0.4, -0.2) is 78.2 Å². The summed E-state index contributed by atoms with van der Waals surface area (Å²) < 4.78 is 5.21. The van der Waals surface area contributed by atoms with Crippen LogP contribution in [0.1, 0.15) is 23.2 Å². The highest BCUT2D eigenvalue weighted by Crippen LogP contribution is 2.30. The summed E-state index contributed by atoms with van der Waals surface area (Å²) in [7, 11) is 1.60.